The molecule has 2 spiro atoms. The van der Waals surface area contributed by atoms with E-state index in [-0.39, 0.29) is 52.1 Å². The van der Waals surface area contributed by atoms with Crippen LogP contribution in [-0.2, 0) is 23.7 Å². The van der Waals surface area contributed by atoms with Crippen molar-refractivity contribution >= 4 is 0 Å². The highest BCUT2D eigenvalue weighted by molar-refractivity contribution is 5.33. The maximum atomic E-state index is 12.2. The zero-order chi connectivity index (χ0) is 40.1. The summed E-state index contributed by atoms with van der Waals surface area (Å²) in [6.07, 6.45) is -7.48. The Hall–Kier alpha value is -0.560. The molecule has 14 nitrogen and oxygen atoms in total. The second kappa shape index (κ2) is 13.2. The van der Waals surface area contributed by atoms with Gasteiger partial charge in [-0.2, -0.15) is 0 Å². The van der Waals surface area contributed by atoms with Gasteiger partial charge in [0.2, 0.25) is 0 Å². The van der Waals surface area contributed by atoms with Gasteiger partial charge in [0.05, 0.1) is 48.8 Å². The molecule has 0 aromatic carbocycles. The Bertz CT molecular complexity index is 1460. The lowest BCUT2D eigenvalue weighted by molar-refractivity contribution is -0.339. The van der Waals surface area contributed by atoms with Crippen molar-refractivity contribution in [3.63, 3.8) is 0 Å². The molecule has 8 aliphatic rings. The molecule has 0 radical (unpaired) electrons. The fourth-order valence-electron chi connectivity index (χ4n) is 14.9. The number of rotatable bonds is 7. The van der Waals surface area contributed by atoms with E-state index < -0.39 is 96.8 Å². The minimum Gasteiger partial charge on any atom is -0.394 e. The zero-order valence-electron chi connectivity index (χ0n) is 33.6. The standard InChI is InChI=1S/C41H68O14/c1-35(2)24(54-33-29(48)26(45)20(44)17-51-33)9-11-41-18-40(41)13-12-37(5)31(39(7)10-8-25(55-39)36(3,4)50)19(43)15-38(37,6)23(40)14-21(32(35)41)52-34-30(49)28(47)27(46)22(16-42)53-34/h19-34,42-50H,8-18H2,1-7H3/t19-,20+,21-,22+,23-,24?,25-,26-,27+,28-,29+,30+,31-,32-,33-,34?,37+,38-,39+,40-,41?/m0/s1. The Morgan fingerprint density at radius 3 is 2.05 bits per heavy atom. The molecule has 3 heterocycles. The molecule has 0 aromatic rings. The van der Waals surface area contributed by atoms with E-state index in [1.54, 1.807) is 13.8 Å². The van der Waals surface area contributed by atoms with Crippen molar-refractivity contribution in [3.8, 4) is 0 Å². The third-order valence-electron chi connectivity index (χ3n) is 17.6. The molecular formula is C41H68O14. The molecule has 55 heavy (non-hydrogen) atoms. The highest BCUT2D eigenvalue weighted by atomic mass is 16.7. The summed E-state index contributed by atoms with van der Waals surface area (Å²) in [6, 6.07) is 0. The molecule has 21 atom stereocenters. The summed E-state index contributed by atoms with van der Waals surface area (Å²) in [6.45, 7) is 13.8. The fraction of sp³-hybridized carbons (Fsp3) is 1.00. The molecule has 14 heteroatoms. The first-order valence-corrected chi connectivity index (χ1v) is 20.9. The lowest BCUT2D eigenvalue weighted by Gasteiger charge is -2.65. The van der Waals surface area contributed by atoms with E-state index in [1.165, 1.54) is 0 Å². The van der Waals surface area contributed by atoms with Gasteiger partial charge in [-0.3, -0.25) is 0 Å². The summed E-state index contributed by atoms with van der Waals surface area (Å²) in [7, 11) is 0. The summed E-state index contributed by atoms with van der Waals surface area (Å²) in [4.78, 5) is 0. The first kappa shape index (κ1) is 41.2. The maximum absolute atomic E-state index is 12.2. The lowest BCUT2D eigenvalue weighted by Crippen LogP contribution is -2.65. The number of hydrogen-bond acceptors (Lipinski definition) is 14. The zero-order valence-corrected chi connectivity index (χ0v) is 33.6. The Balaban J connectivity index is 1.15. The van der Waals surface area contributed by atoms with E-state index in [9.17, 15) is 46.0 Å². The van der Waals surface area contributed by atoms with E-state index in [1.807, 2.05) is 0 Å². The molecule has 316 valence electrons. The van der Waals surface area contributed by atoms with Crippen molar-refractivity contribution in [2.24, 2.45) is 44.8 Å². The normalized spacial score (nSPS) is 58.7. The van der Waals surface area contributed by atoms with Crippen molar-refractivity contribution in [1.82, 2.24) is 0 Å². The minimum absolute atomic E-state index is 0.0633. The van der Waals surface area contributed by atoms with Crippen molar-refractivity contribution < 1.29 is 69.6 Å². The van der Waals surface area contributed by atoms with Crippen LogP contribution in [0.2, 0.25) is 0 Å². The topological polar surface area (TPSA) is 228 Å². The molecule has 0 amide bonds. The highest BCUT2D eigenvalue weighted by Gasteiger charge is 2.85. The molecule has 9 N–H and O–H groups in total. The summed E-state index contributed by atoms with van der Waals surface area (Å²) in [5.41, 5.74) is -3.16. The number of hydrogen-bond donors (Lipinski definition) is 9. The summed E-state index contributed by atoms with van der Waals surface area (Å²) in [5, 5.41) is 97.2. The van der Waals surface area contributed by atoms with E-state index >= 15 is 0 Å². The monoisotopic (exact) mass is 784 g/mol. The van der Waals surface area contributed by atoms with Gasteiger partial charge in [0.15, 0.2) is 12.6 Å². The van der Waals surface area contributed by atoms with Gasteiger partial charge in [0.25, 0.3) is 0 Å². The Morgan fingerprint density at radius 1 is 0.709 bits per heavy atom. The number of fused-ring (bicyclic) bond motifs is 2. The first-order chi connectivity index (χ1) is 25.5. The summed E-state index contributed by atoms with van der Waals surface area (Å²) < 4.78 is 31.9. The van der Waals surface area contributed by atoms with Crippen LogP contribution in [0.4, 0.5) is 0 Å². The summed E-state index contributed by atoms with van der Waals surface area (Å²) in [5.74, 6) is -0.215. The third kappa shape index (κ3) is 5.70. The predicted molar refractivity (Wildman–Crippen MR) is 194 cm³/mol. The predicted octanol–water partition coefficient (Wildman–Crippen LogP) is 0.724. The number of ether oxygens (including phenoxy) is 5. The lowest BCUT2D eigenvalue weighted by atomic mass is 9.41. The highest BCUT2D eigenvalue weighted by Crippen LogP contribution is 2.89. The average Bonchev–Trinajstić information content (AvgIpc) is 3.47. The van der Waals surface area contributed by atoms with Crippen LogP contribution in [0.3, 0.4) is 0 Å². The molecule has 5 saturated carbocycles. The van der Waals surface area contributed by atoms with Crippen LogP contribution >= 0.6 is 0 Å². The largest absolute Gasteiger partial charge is 0.394 e. The maximum Gasteiger partial charge on any atom is 0.186 e. The van der Waals surface area contributed by atoms with Crippen LogP contribution < -0.4 is 0 Å². The summed E-state index contributed by atoms with van der Waals surface area (Å²) >= 11 is 0. The molecule has 8 rings (SSSR count). The molecule has 3 saturated heterocycles. The van der Waals surface area contributed by atoms with Crippen molar-refractivity contribution in [1.29, 1.82) is 0 Å². The van der Waals surface area contributed by atoms with Gasteiger partial charge in [0, 0.05) is 5.92 Å². The number of aliphatic hydroxyl groups excluding tert-OH is 8. The van der Waals surface area contributed by atoms with E-state index in [0.717, 1.165) is 32.1 Å². The molecule has 3 aliphatic heterocycles. The van der Waals surface area contributed by atoms with Crippen molar-refractivity contribution in [2.45, 2.75) is 197 Å². The van der Waals surface area contributed by atoms with Crippen molar-refractivity contribution in [3.05, 3.63) is 0 Å². The molecule has 0 bridgehead atoms. The van der Waals surface area contributed by atoms with Crippen LogP contribution in [-0.4, -0.2) is 150 Å². The second-order valence-corrected chi connectivity index (χ2v) is 21.1. The Labute approximate surface area is 324 Å². The average molecular weight is 785 g/mol. The van der Waals surface area contributed by atoms with Gasteiger partial charge in [-0.05, 0) is 117 Å². The molecule has 3 unspecified atom stereocenters. The second-order valence-electron chi connectivity index (χ2n) is 21.1. The van der Waals surface area contributed by atoms with Gasteiger partial charge in [0.1, 0.15) is 42.7 Å². The van der Waals surface area contributed by atoms with Crippen LogP contribution in [0.15, 0.2) is 0 Å². The fourth-order valence-corrected chi connectivity index (χ4v) is 14.9. The van der Waals surface area contributed by atoms with Crippen LogP contribution in [0.25, 0.3) is 0 Å². The Kier molecular flexibility index (Phi) is 9.90. The van der Waals surface area contributed by atoms with Crippen LogP contribution in [0.1, 0.15) is 106 Å². The van der Waals surface area contributed by atoms with Crippen LogP contribution in [0.5, 0.6) is 0 Å². The molecule has 5 aliphatic carbocycles. The van der Waals surface area contributed by atoms with Gasteiger partial charge < -0.3 is 69.6 Å². The van der Waals surface area contributed by atoms with E-state index in [0.29, 0.717) is 25.7 Å². The van der Waals surface area contributed by atoms with Gasteiger partial charge in [-0.15, -0.1) is 0 Å². The van der Waals surface area contributed by atoms with E-state index in [4.69, 9.17) is 23.7 Å². The Morgan fingerprint density at radius 2 is 1.40 bits per heavy atom. The molecule has 8 fully saturated rings. The van der Waals surface area contributed by atoms with Crippen molar-refractivity contribution in [2.75, 3.05) is 13.2 Å². The quantitative estimate of drug-likeness (QED) is 0.162. The van der Waals surface area contributed by atoms with E-state index in [2.05, 4.69) is 34.6 Å². The van der Waals surface area contributed by atoms with Crippen LogP contribution in [0, 0.1) is 44.8 Å². The third-order valence-corrected chi connectivity index (χ3v) is 17.6. The van der Waals surface area contributed by atoms with Gasteiger partial charge >= 0.3 is 0 Å². The smallest absolute Gasteiger partial charge is 0.186 e. The molecule has 0 aromatic heterocycles. The minimum atomic E-state index is -1.60. The molecular weight excluding hydrogens is 716 g/mol. The van der Waals surface area contributed by atoms with Gasteiger partial charge in [-0.1, -0.05) is 27.7 Å². The SMILES string of the molecule is CC(C)(O)[C@@H]1CC[C@](C)([C@H]2[C@@H](O)C[C@@]3(C)[C@@H]4C[C@H](OC5O[C@H](CO)[C@@H](O)[C@H](O)[C@H]5O)[C@H]5C(C)(C)C(O[C@@H]6OC[C@@H](O)[C@H](O)[C@H]6O)CCC56C[C@@]46CC[C@]23C)O1. The van der Waals surface area contributed by atoms with Gasteiger partial charge in [-0.25, -0.2) is 0 Å². The number of aliphatic hydroxyl groups is 9. The first-order valence-electron chi connectivity index (χ1n) is 20.9.